The minimum atomic E-state index is -3.30. The highest BCUT2D eigenvalue weighted by Gasteiger charge is 2.25. The number of nitrogens with one attached hydrogen (secondary N) is 2. The zero-order chi connectivity index (χ0) is 13.0. The van der Waals surface area contributed by atoms with E-state index in [2.05, 4.69) is 17.0 Å². The fraction of sp³-hybridized carbons (Fsp3) is 0.667. The number of rotatable bonds is 5. The van der Waals surface area contributed by atoms with Crippen LogP contribution in [0.1, 0.15) is 32.6 Å². The summed E-state index contributed by atoms with van der Waals surface area (Å²) in [5.41, 5.74) is 0. The summed E-state index contributed by atoms with van der Waals surface area (Å²) in [5, 5.41) is 5.21. The van der Waals surface area contributed by atoms with Gasteiger partial charge in [0.2, 0.25) is 10.0 Å². The van der Waals surface area contributed by atoms with Crippen LogP contribution in [0.25, 0.3) is 0 Å². The molecule has 102 valence electrons. The van der Waals surface area contributed by atoms with Gasteiger partial charge in [-0.05, 0) is 43.7 Å². The Morgan fingerprint density at radius 2 is 1.94 bits per heavy atom. The monoisotopic (exact) mass is 288 g/mol. The highest BCUT2D eigenvalue weighted by atomic mass is 32.2. The van der Waals surface area contributed by atoms with Crippen molar-refractivity contribution < 1.29 is 8.42 Å². The third-order valence-electron chi connectivity index (χ3n) is 3.30. The Morgan fingerprint density at radius 1 is 1.28 bits per heavy atom. The van der Waals surface area contributed by atoms with Gasteiger partial charge in [-0.3, -0.25) is 0 Å². The molecule has 0 atom stereocenters. The highest BCUT2D eigenvalue weighted by Crippen LogP contribution is 2.22. The molecular weight excluding hydrogens is 268 g/mol. The van der Waals surface area contributed by atoms with Crippen LogP contribution in [0.15, 0.2) is 21.7 Å². The number of thiophene rings is 1. The molecule has 1 aromatic heterocycles. The average Bonchev–Trinajstić information content (AvgIpc) is 2.86. The third kappa shape index (κ3) is 3.54. The maximum Gasteiger partial charge on any atom is 0.250 e. The molecule has 1 aliphatic rings. The smallest absolute Gasteiger partial charge is 0.250 e. The minimum absolute atomic E-state index is 0.0898. The van der Waals surface area contributed by atoms with E-state index >= 15 is 0 Å². The Balaban J connectivity index is 1.88. The summed E-state index contributed by atoms with van der Waals surface area (Å²) in [6.07, 6.45) is 3.93. The Hall–Kier alpha value is -0.430. The molecule has 0 spiro atoms. The molecule has 0 bridgehead atoms. The van der Waals surface area contributed by atoms with E-state index in [1.165, 1.54) is 11.3 Å². The first kappa shape index (κ1) is 14.0. The van der Waals surface area contributed by atoms with Crippen LogP contribution in [-0.2, 0) is 10.0 Å². The molecule has 0 amide bonds. The number of hydrogen-bond donors (Lipinski definition) is 2. The molecule has 0 aliphatic heterocycles. The Kier molecular flexibility index (Phi) is 4.77. The Morgan fingerprint density at radius 3 is 2.50 bits per heavy atom. The van der Waals surface area contributed by atoms with Crippen molar-refractivity contribution in [1.29, 1.82) is 0 Å². The van der Waals surface area contributed by atoms with Crippen molar-refractivity contribution in [1.82, 2.24) is 10.0 Å². The lowest BCUT2D eigenvalue weighted by Crippen LogP contribution is -2.41. The highest BCUT2D eigenvalue weighted by molar-refractivity contribution is 7.91. The zero-order valence-electron chi connectivity index (χ0n) is 10.6. The first-order valence-corrected chi connectivity index (χ1v) is 8.77. The van der Waals surface area contributed by atoms with Crippen LogP contribution in [0, 0.1) is 0 Å². The quantitative estimate of drug-likeness (QED) is 0.870. The predicted molar refractivity (Wildman–Crippen MR) is 74.4 cm³/mol. The van der Waals surface area contributed by atoms with Crippen molar-refractivity contribution in [3.8, 4) is 0 Å². The molecule has 1 saturated carbocycles. The van der Waals surface area contributed by atoms with Gasteiger partial charge < -0.3 is 5.32 Å². The van der Waals surface area contributed by atoms with Gasteiger partial charge in [-0.2, -0.15) is 0 Å². The van der Waals surface area contributed by atoms with Gasteiger partial charge in [0, 0.05) is 12.1 Å². The summed E-state index contributed by atoms with van der Waals surface area (Å²) < 4.78 is 27.3. The lowest BCUT2D eigenvalue weighted by Gasteiger charge is -2.29. The molecule has 0 saturated heterocycles. The summed E-state index contributed by atoms with van der Waals surface area (Å²) in [6.45, 7) is 3.09. The molecule has 4 nitrogen and oxygen atoms in total. The summed E-state index contributed by atoms with van der Waals surface area (Å²) in [7, 11) is -3.30. The van der Waals surface area contributed by atoms with Crippen molar-refractivity contribution in [2.24, 2.45) is 0 Å². The van der Waals surface area contributed by atoms with Crippen molar-refractivity contribution >= 4 is 21.4 Å². The van der Waals surface area contributed by atoms with Gasteiger partial charge in [0.05, 0.1) is 0 Å². The molecule has 18 heavy (non-hydrogen) atoms. The molecule has 2 N–H and O–H groups in total. The second kappa shape index (κ2) is 6.14. The topological polar surface area (TPSA) is 58.2 Å². The molecule has 1 heterocycles. The van der Waals surface area contributed by atoms with Gasteiger partial charge in [-0.15, -0.1) is 11.3 Å². The van der Waals surface area contributed by atoms with Crippen molar-refractivity contribution in [3.63, 3.8) is 0 Å². The molecule has 2 rings (SSSR count). The molecule has 0 radical (unpaired) electrons. The second-order valence-corrected chi connectivity index (χ2v) is 7.55. The summed E-state index contributed by atoms with van der Waals surface area (Å²) in [5.74, 6) is 0. The van der Waals surface area contributed by atoms with Crippen molar-refractivity contribution in [2.75, 3.05) is 6.54 Å². The first-order valence-electron chi connectivity index (χ1n) is 6.41. The lowest BCUT2D eigenvalue weighted by atomic mass is 9.92. The fourth-order valence-corrected chi connectivity index (χ4v) is 4.71. The van der Waals surface area contributed by atoms with Crippen LogP contribution >= 0.6 is 11.3 Å². The number of sulfonamides is 1. The Labute approximate surface area is 113 Å². The standard InChI is InChI=1S/C12H20N2O2S2/c1-2-13-10-5-7-11(8-6-10)14-18(15,16)12-4-3-9-17-12/h3-4,9-11,13-14H,2,5-8H2,1H3. The molecule has 1 aliphatic carbocycles. The van der Waals surface area contributed by atoms with E-state index in [4.69, 9.17) is 0 Å². The largest absolute Gasteiger partial charge is 0.314 e. The summed E-state index contributed by atoms with van der Waals surface area (Å²) in [4.78, 5) is 0. The van der Waals surface area contributed by atoms with Gasteiger partial charge in [-0.1, -0.05) is 13.0 Å². The van der Waals surface area contributed by atoms with Crippen LogP contribution < -0.4 is 10.0 Å². The van der Waals surface area contributed by atoms with Crippen LogP contribution in [-0.4, -0.2) is 27.0 Å². The average molecular weight is 288 g/mol. The van der Waals surface area contributed by atoms with Gasteiger partial charge in [0.15, 0.2) is 0 Å². The van der Waals surface area contributed by atoms with Crippen LogP contribution in [0.5, 0.6) is 0 Å². The van der Waals surface area contributed by atoms with Gasteiger partial charge in [0.1, 0.15) is 4.21 Å². The van der Waals surface area contributed by atoms with Crippen LogP contribution in [0.2, 0.25) is 0 Å². The second-order valence-electron chi connectivity index (χ2n) is 4.66. The van der Waals surface area contributed by atoms with E-state index < -0.39 is 10.0 Å². The van der Waals surface area contributed by atoms with Gasteiger partial charge in [0.25, 0.3) is 0 Å². The zero-order valence-corrected chi connectivity index (χ0v) is 12.2. The maximum atomic E-state index is 12.1. The van der Waals surface area contributed by atoms with Crippen LogP contribution in [0.3, 0.4) is 0 Å². The normalized spacial score (nSPS) is 25.2. The Bertz CT molecular complexity index is 448. The lowest BCUT2D eigenvalue weighted by molar-refractivity contribution is 0.333. The van der Waals surface area contributed by atoms with E-state index in [0.29, 0.717) is 10.3 Å². The van der Waals surface area contributed by atoms with Crippen LogP contribution in [0.4, 0.5) is 0 Å². The third-order valence-corrected chi connectivity index (χ3v) is 6.22. The molecule has 0 aromatic carbocycles. The van der Waals surface area contributed by atoms with Crippen molar-refractivity contribution in [3.05, 3.63) is 17.5 Å². The fourth-order valence-electron chi connectivity index (χ4n) is 2.40. The van der Waals surface area contributed by atoms with E-state index in [1.807, 2.05) is 0 Å². The minimum Gasteiger partial charge on any atom is -0.314 e. The van der Waals surface area contributed by atoms with Gasteiger partial charge >= 0.3 is 0 Å². The molecule has 1 fully saturated rings. The summed E-state index contributed by atoms with van der Waals surface area (Å²) in [6, 6.07) is 4.06. The van der Waals surface area contributed by atoms with E-state index in [-0.39, 0.29) is 6.04 Å². The molecule has 1 aromatic rings. The maximum absolute atomic E-state index is 12.1. The first-order chi connectivity index (χ1) is 8.62. The molecular formula is C12H20N2O2S2. The predicted octanol–water partition coefficient (Wildman–Crippen LogP) is 1.95. The summed E-state index contributed by atoms with van der Waals surface area (Å²) >= 11 is 1.26. The SMILES string of the molecule is CCNC1CCC(NS(=O)(=O)c2cccs2)CC1. The van der Waals surface area contributed by atoms with Crippen molar-refractivity contribution in [2.45, 2.75) is 48.9 Å². The number of hydrogen-bond acceptors (Lipinski definition) is 4. The molecule has 0 unspecified atom stereocenters. The van der Waals surface area contributed by atoms with E-state index in [0.717, 1.165) is 32.2 Å². The van der Waals surface area contributed by atoms with Gasteiger partial charge in [-0.25, -0.2) is 13.1 Å². The van der Waals surface area contributed by atoms with E-state index in [1.54, 1.807) is 17.5 Å². The van der Waals surface area contributed by atoms with E-state index in [9.17, 15) is 8.42 Å². The molecule has 6 heteroatoms.